The monoisotopic (exact) mass is 390 g/mol. The van der Waals surface area contributed by atoms with Gasteiger partial charge in [-0.1, -0.05) is 30.3 Å². The number of methoxy groups -OCH3 is 2. The Hall–Kier alpha value is -3.47. The number of benzene rings is 3. The molecule has 3 rings (SSSR count). The van der Waals surface area contributed by atoms with Crippen molar-refractivity contribution in [2.45, 2.75) is 13.0 Å². The van der Waals surface area contributed by atoms with E-state index in [9.17, 15) is 4.79 Å². The Balaban J connectivity index is 1.81. The molecule has 0 aliphatic rings. The number of anilines is 2. The number of nitrogens with one attached hydrogen (secondary N) is 1. The van der Waals surface area contributed by atoms with Crippen LogP contribution in [0, 0.1) is 0 Å². The Morgan fingerprint density at radius 2 is 1.62 bits per heavy atom. The normalized spacial score (nSPS) is 11.4. The summed E-state index contributed by atoms with van der Waals surface area (Å²) >= 11 is 0. The molecule has 0 bridgehead atoms. The van der Waals surface area contributed by atoms with Gasteiger partial charge in [0.2, 0.25) is 5.91 Å². The van der Waals surface area contributed by atoms with Gasteiger partial charge in [-0.05, 0) is 55.0 Å². The van der Waals surface area contributed by atoms with Crippen LogP contribution in [0.2, 0.25) is 0 Å². The van der Waals surface area contributed by atoms with E-state index in [1.807, 2.05) is 79.7 Å². The van der Waals surface area contributed by atoms with Gasteiger partial charge in [-0.15, -0.1) is 0 Å². The first-order valence-electron chi connectivity index (χ1n) is 9.45. The first-order valence-corrected chi connectivity index (χ1v) is 9.45. The van der Waals surface area contributed by atoms with E-state index in [1.54, 1.807) is 26.2 Å². The summed E-state index contributed by atoms with van der Waals surface area (Å²) in [7, 11) is 5.08. The summed E-state index contributed by atoms with van der Waals surface area (Å²) in [5, 5.41) is 3.30. The van der Waals surface area contributed by atoms with E-state index in [1.165, 1.54) is 0 Å². The van der Waals surface area contributed by atoms with E-state index < -0.39 is 6.04 Å². The molecule has 0 aliphatic heterocycles. The van der Waals surface area contributed by atoms with E-state index in [-0.39, 0.29) is 5.91 Å². The second-order valence-corrected chi connectivity index (χ2v) is 6.74. The molecular weight excluding hydrogens is 364 g/mol. The molecule has 0 aliphatic carbocycles. The lowest BCUT2D eigenvalue weighted by Crippen LogP contribution is -2.39. The maximum atomic E-state index is 12.8. The zero-order valence-corrected chi connectivity index (χ0v) is 17.2. The van der Waals surface area contributed by atoms with Crippen molar-refractivity contribution in [2.24, 2.45) is 0 Å². The number of hydrogen-bond acceptors (Lipinski definition) is 4. The molecule has 150 valence electrons. The van der Waals surface area contributed by atoms with Crippen molar-refractivity contribution in [2.75, 3.05) is 31.5 Å². The average molecular weight is 390 g/mol. The predicted molar refractivity (Wildman–Crippen MR) is 118 cm³/mol. The third kappa shape index (κ3) is 4.69. The van der Waals surface area contributed by atoms with E-state index in [2.05, 4.69) is 5.32 Å². The van der Waals surface area contributed by atoms with Crippen LogP contribution in [0.25, 0.3) is 11.1 Å². The van der Waals surface area contributed by atoms with Gasteiger partial charge in [-0.3, -0.25) is 4.79 Å². The molecule has 0 saturated carbocycles. The summed E-state index contributed by atoms with van der Waals surface area (Å²) in [6.45, 7) is 1.86. The van der Waals surface area contributed by atoms with Gasteiger partial charge in [-0.2, -0.15) is 0 Å². The van der Waals surface area contributed by atoms with Gasteiger partial charge in [0.1, 0.15) is 17.5 Å². The molecule has 1 amide bonds. The molecule has 5 heteroatoms. The van der Waals surface area contributed by atoms with Gasteiger partial charge in [0.15, 0.2) is 0 Å². The van der Waals surface area contributed by atoms with Crippen LogP contribution < -0.4 is 19.7 Å². The summed E-state index contributed by atoms with van der Waals surface area (Å²) in [5.74, 6) is 1.55. The molecule has 0 saturated heterocycles. The van der Waals surface area contributed by atoms with E-state index in [0.29, 0.717) is 0 Å². The average Bonchev–Trinajstić information content (AvgIpc) is 2.78. The number of rotatable bonds is 7. The van der Waals surface area contributed by atoms with E-state index >= 15 is 0 Å². The SMILES string of the molecule is COc1ccc(-c2cc(N[C@H](C)C(=O)N(C)c3ccccc3)ccc2OC)cc1. The van der Waals surface area contributed by atoms with Gasteiger partial charge in [-0.25, -0.2) is 0 Å². The van der Waals surface area contributed by atoms with Crippen molar-refractivity contribution in [1.82, 2.24) is 0 Å². The van der Waals surface area contributed by atoms with Crippen molar-refractivity contribution in [1.29, 1.82) is 0 Å². The van der Waals surface area contributed by atoms with Gasteiger partial charge >= 0.3 is 0 Å². The van der Waals surface area contributed by atoms with Crippen LogP contribution in [0.4, 0.5) is 11.4 Å². The van der Waals surface area contributed by atoms with Crippen molar-refractivity contribution in [3.63, 3.8) is 0 Å². The summed E-state index contributed by atoms with van der Waals surface area (Å²) in [6.07, 6.45) is 0. The number of carbonyl (C=O) groups excluding carboxylic acids is 1. The molecule has 0 aromatic heterocycles. The van der Waals surface area contributed by atoms with Crippen LogP contribution in [-0.4, -0.2) is 33.2 Å². The van der Waals surface area contributed by atoms with Crippen molar-refractivity contribution >= 4 is 17.3 Å². The Morgan fingerprint density at radius 3 is 2.24 bits per heavy atom. The fourth-order valence-corrected chi connectivity index (χ4v) is 3.17. The third-order valence-electron chi connectivity index (χ3n) is 4.83. The first-order chi connectivity index (χ1) is 14.0. The molecule has 3 aromatic rings. The second-order valence-electron chi connectivity index (χ2n) is 6.74. The molecule has 1 atom stereocenters. The quantitative estimate of drug-likeness (QED) is 0.628. The number of amides is 1. The van der Waals surface area contributed by atoms with Gasteiger partial charge in [0, 0.05) is 24.0 Å². The van der Waals surface area contributed by atoms with E-state index in [0.717, 1.165) is 34.0 Å². The zero-order valence-electron chi connectivity index (χ0n) is 17.2. The summed E-state index contributed by atoms with van der Waals surface area (Å²) in [5.41, 5.74) is 3.65. The summed E-state index contributed by atoms with van der Waals surface area (Å²) in [6, 6.07) is 22.8. The highest BCUT2D eigenvalue weighted by Gasteiger charge is 2.19. The molecule has 5 nitrogen and oxygen atoms in total. The highest BCUT2D eigenvalue weighted by Crippen LogP contribution is 2.33. The van der Waals surface area contributed by atoms with Crippen molar-refractivity contribution < 1.29 is 14.3 Å². The maximum Gasteiger partial charge on any atom is 0.248 e. The third-order valence-corrected chi connectivity index (χ3v) is 4.83. The number of nitrogens with zero attached hydrogens (tertiary/aromatic N) is 1. The van der Waals surface area contributed by atoms with Crippen LogP contribution >= 0.6 is 0 Å². The molecular formula is C24H26N2O3. The largest absolute Gasteiger partial charge is 0.497 e. The summed E-state index contributed by atoms with van der Waals surface area (Å²) < 4.78 is 10.8. The fraction of sp³-hybridized carbons (Fsp3) is 0.208. The molecule has 0 spiro atoms. The van der Waals surface area contributed by atoms with Crippen LogP contribution in [-0.2, 0) is 4.79 Å². The van der Waals surface area contributed by atoms with Crippen LogP contribution in [0.5, 0.6) is 11.5 Å². The Morgan fingerprint density at radius 1 is 0.931 bits per heavy atom. The minimum atomic E-state index is -0.391. The molecule has 29 heavy (non-hydrogen) atoms. The minimum absolute atomic E-state index is 0.0157. The predicted octanol–water partition coefficient (Wildman–Crippen LogP) is 4.83. The highest BCUT2D eigenvalue weighted by molar-refractivity contribution is 5.98. The molecule has 0 unspecified atom stereocenters. The Labute approximate surface area is 171 Å². The van der Waals surface area contributed by atoms with Crippen LogP contribution in [0.1, 0.15) is 6.92 Å². The van der Waals surface area contributed by atoms with E-state index in [4.69, 9.17) is 9.47 Å². The number of ether oxygens (including phenoxy) is 2. The van der Waals surface area contributed by atoms with Crippen molar-refractivity contribution in [3.8, 4) is 22.6 Å². The van der Waals surface area contributed by atoms with Crippen LogP contribution in [0.15, 0.2) is 72.8 Å². The molecule has 0 fully saturated rings. The standard InChI is InChI=1S/C24H26N2O3/c1-17(24(27)26(2)20-8-6-5-7-9-20)25-19-12-15-23(29-4)22(16-19)18-10-13-21(28-3)14-11-18/h5-17,25H,1-4H3/t17-/m1/s1. The molecule has 0 heterocycles. The number of hydrogen-bond donors (Lipinski definition) is 1. The maximum absolute atomic E-state index is 12.8. The lowest BCUT2D eigenvalue weighted by atomic mass is 10.0. The topological polar surface area (TPSA) is 50.8 Å². The smallest absolute Gasteiger partial charge is 0.248 e. The lowest BCUT2D eigenvalue weighted by Gasteiger charge is -2.23. The number of para-hydroxylation sites is 1. The molecule has 3 aromatic carbocycles. The highest BCUT2D eigenvalue weighted by atomic mass is 16.5. The Kier molecular flexibility index (Phi) is 6.39. The second kappa shape index (κ2) is 9.15. The number of carbonyl (C=O) groups is 1. The van der Waals surface area contributed by atoms with Gasteiger partial charge in [0.25, 0.3) is 0 Å². The van der Waals surface area contributed by atoms with Crippen LogP contribution in [0.3, 0.4) is 0 Å². The minimum Gasteiger partial charge on any atom is -0.497 e. The lowest BCUT2D eigenvalue weighted by molar-refractivity contribution is -0.118. The number of likely N-dealkylation sites (N-methyl/N-ethyl adjacent to an activating group) is 1. The van der Waals surface area contributed by atoms with Crippen molar-refractivity contribution in [3.05, 3.63) is 72.8 Å². The van der Waals surface area contributed by atoms with Gasteiger partial charge in [0.05, 0.1) is 14.2 Å². The first kappa shape index (κ1) is 20.3. The van der Waals surface area contributed by atoms with Gasteiger partial charge < -0.3 is 19.7 Å². The molecule has 0 radical (unpaired) electrons. The molecule has 1 N–H and O–H groups in total. The zero-order chi connectivity index (χ0) is 20.8. The summed E-state index contributed by atoms with van der Waals surface area (Å²) in [4.78, 5) is 14.5. The fourth-order valence-electron chi connectivity index (χ4n) is 3.17. The Bertz CT molecular complexity index is 956.